The van der Waals surface area contributed by atoms with Crippen LogP contribution in [0.2, 0.25) is 0 Å². The highest BCUT2D eigenvalue weighted by Crippen LogP contribution is 2.29. The zero-order valence-corrected chi connectivity index (χ0v) is 13.6. The minimum absolute atomic E-state index is 0.491. The number of furan rings is 1. The Hall–Kier alpha value is -0.840. The van der Waals surface area contributed by atoms with Crippen LogP contribution in [0.3, 0.4) is 0 Å². The van der Waals surface area contributed by atoms with Gasteiger partial charge in [-0.25, -0.2) is 0 Å². The first-order chi connectivity index (χ1) is 10.1. The van der Waals surface area contributed by atoms with Crippen molar-refractivity contribution < 1.29 is 4.42 Å². The highest BCUT2D eigenvalue weighted by atomic mass is 16.3. The number of fused-ring (bicyclic) bond motifs is 2. The number of rotatable bonds is 5. The van der Waals surface area contributed by atoms with Gasteiger partial charge in [0.25, 0.3) is 0 Å². The van der Waals surface area contributed by atoms with E-state index < -0.39 is 0 Å². The maximum atomic E-state index is 5.67. The molecule has 21 heavy (non-hydrogen) atoms. The Balaban J connectivity index is 1.60. The largest absolute Gasteiger partial charge is 0.468 e. The highest BCUT2D eigenvalue weighted by Gasteiger charge is 2.34. The van der Waals surface area contributed by atoms with Crippen molar-refractivity contribution in [2.75, 3.05) is 20.1 Å². The van der Waals surface area contributed by atoms with Crippen molar-refractivity contribution in [3.05, 3.63) is 23.7 Å². The summed E-state index contributed by atoms with van der Waals surface area (Å²) in [5.74, 6) is 1.10. The second kappa shape index (κ2) is 6.51. The van der Waals surface area contributed by atoms with Crippen molar-refractivity contribution in [2.45, 2.75) is 64.3 Å². The van der Waals surface area contributed by atoms with E-state index in [9.17, 15) is 0 Å². The van der Waals surface area contributed by atoms with Crippen molar-refractivity contribution >= 4 is 0 Å². The molecule has 0 aromatic carbocycles. The van der Waals surface area contributed by atoms with E-state index in [0.29, 0.717) is 6.04 Å². The van der Waals surface area contributed by atoms with Crippen LogP contribution in [-0.2, 0) is 13.1 Å². The molecule has 0 spiro atoms. The molecule has 3 heterocycles. The molecular weight excluding hydrogens is 262 g/mol. The van der Waals surface area contributed by atoms with Crippen LogP contribution in [0.5, 0.6) is 0 Å². The van der Waals surface area contributed by atoms with Crippen molar-refractivity contribution in [1.82, 2.24) is 15.1 Å². The van der Waals surface area contributed by atoms with Gasteiger partial charge in [-0.05, 0) is 32.4 Å². The van der Waals surface area contributed by atoms with Gasteiger partial charge in [-0.3, -0.25) is 9.80 Å². The quantitative estimate of drug-likeness (QED) is 0.903. The maximum Gasteiger partial charge on any atom is 0.122 e. The fourth-order valence-corrected chi connectivity index (χ4v) is 3.72. The summed E-state index contributed by atoms with van der Waals surface area (Å²) in [6, 6.07) is 4.20. The van der Waals surface area contributed by atoms with Gasteiger partial charge in [0.1, 0.15) is 5.76 Å². The van der Waals surface area contributed by atoms with Crippen LogP contribution in [-0.4, -0.2) is 48.1 Å². The number of hydrogen-bond acceptors (Lipinski definition) is 4. The number of nitrogens with zero attached hydrogens (tertiary/aromatic N) is 2. The lowest BCUT2D eigenvalue weighted by Crippen LogP contribution is -2.36. The smallest absolute Gasteiger partial charge is 0.122 e. The molecule has 1 N–H and O–H groups in total. The van der Waals surface area contributed by atoms with Gasteiger partial charge >= 0.3 is 0 Å². The van der Waals surface area contributed by atoms with Crippen molar-refractivity contribution in [2.24, 2.45) is 0 Å². The van der Waals surface area contributed by atoms with Gasteiger partial charge in [-0.1, -0.05) is 13.8 Å². The Labute approximate surface area is 128 Å². The van der Waals surface area contributed by atoms with Gasteiger partial charge in [-0.2, -0.15) is 0 Å². The Morgan fingerprint density at radius 1 is 1.29 bits per heavy atom. The Morgan fingerprint density at radius 2 is 2.10 bits per heavy atom. The van der Waals surface area contributed by atoms with Gasteiger partial charge in [-0.15, -0.1) is 0 Å². The molecule has 118 valence electrons. The van der Waals surface area contributed by atoms with Gasteiger partial charge < -0.3 is 9.73 Å². The van der Waals surface area contributed by atoms with E-state index >= 15 is 0 Å². The number of nitrogens with one attached hydrogen (secondary N) is 1. The zero-order chi connectivity index (χ0) is 14.8. The summed E-state index contributed by atoms with van der Waals surface area (Å²) in [6.07, 6.45) is 5.91. The number of likely N-dealkylation sites (N-methyl/N-ethyl adjacent to an activating group) is 1. The maximum absolute atomic E-state index is 5.67. The Kier molecular flexibility index (Phi) is 4.67. The first-order valence-corrected chi connectivity index (χ1v) is 8.36. The fraction of sp³-hybridized carbons (Fsp3) is 0.765. The molecule has 2 atom stereocenters. The fourth-order valence-electron chi connectivity index (χ4n) is 3.72. The van der Waals surface area contributed by atoms with E-state index in [1.165, 1.54) is 37.9 Å². The summed E-state index contributed by atoms with van der Waals surface area (Å²) >= 11 is 0. The van der Waals surface area contributed by atoms with Crippen LogP contribution in [0, 0.1) is 0 Å². The Bertz CT molecular complexity index is 457. The molecule has 1 aromatic heterocycles. The van der Waals surface area contributed by atoms with E-state index in [1.54, 1.807) is 0 Å². The molecule has 4 nitrogen and oxygen atoms in total. The number of hydrogen-bond donors (Lipinski definition) is 1. The van der Waals surface area contributed by atoms with Crippen LogP contribution in [0.4, 0.5) is 0 Å². The van der Waals surface area contributed by atoms with E-state index in [2.05, 4.69) is 42.1 Å². The monoisotopic (exact) mass is 291 g/mol. The third kappa shape index (κ3) is 3.50. The molecule has 4 heteroatoms. The zero-order valence-electron chi connectivity index (χ0n) is 13.6. The minimum atomic E-state index is 0.491. The molecule has 2 bridgehead atoms. The lowest BCUT2D eigenvalue weighted by molar-refractivity contribution is 0.213. The van der Waals surface area contributed by atoms with E-state index in [-0.39, 0.29) is 0 Å². The first-order valence-electron chi connectivity index (χ1n) is 8.36. The van der Waals surface area contributed by atoms with Crippen LogP contribution < -0.4 is 5.32 Å². The topological polar surface area (TPSA) is 31.7 Å². The van der Waals surface area contributed by atoms with Crippen molar-refractivity contribution in [3.63, 3.8) is 0 Å². The van der Waals surface area contributed by atoms with Crippen LogP contribution in [0.15, 0.2) is 16.7 Å². The molecule has 0 saturated carbocycles. The average molecular weight is 291 g/mol. The highest BCUT2D eigenvalue weighted by molar-refractivity contribution is 5.17. The first kappa shape index (κ1) is 15.1. The molecule has 0 amide bonds. The van der Waals surface area contributed by atoms with E-state index in [0.717, 1.165) is 30.9 Å². The minimum Gasteiger partial charge on any atom is -0.468 e. The molecule has 2 aliphatic heterocycles. The normalized spacial score (nSPS) is 27.4. The van der Waals surface area contributed by atoms with Gasteiger partial charge in [0.15, 0.2) is 0 Å². The van der Waals surface area contributed by atoms with E-state index in [1.807, 2.05) is 6.26 Å². The summed E-state index contributed by atoms with van der Waals surface area (Å²) in [6.45, 7) is 8.62. The third-order valence-electron chi connectivity index (χ3n) is 5.14. The molecule has 2 fully saturated rings. The summed E-state index contributed by atoms with van der Waals surface area (Å²) in [4.78, 5) is 5.22. The van der Waals surface area contributed by atoms with Crippen molar-refractivity contribution in [3.8, 4) is 0 Å². The molecule has 1 aromatic rings. The van der Waals surface area contributed by atoms with Crippen LogP contribution >= 0.6 is 0 Å². The second-order valence-corrected chi connectivity index (χ2v) is 6.98. The van der Waals surface area contributed by atoms with E-state index in [4.69, 9.17) is 4.42 Å². The molecule has 2 saturated heterocycles. The standard InChI is InChI=1S/C17H29N3O/c1-13(2)18-10-17-14(7-9-21-17)11-20-8-6-15-4-5-16(12-20)19(15)3/h7,9,13,15-16,18H,4-6,8,10-12H2,1-3H3. The van der Waals surface area contributed by atoms with Gasteiger partial charge in [0.05, 0.1) is 12.8 Å². The molecular formula is C17H29N3O. The number of likely N-dealkylation sites (tertiary alicyclic amines) is 1. The lowest BCUT2D eigenvalue weighted by Gasteiger charge is -2.25. The molecule has 3 rings (SSSR count). The van der Waals surface area contributed by atoms with Gasteiger partial charge in [0.2, 0.25) is 0 Å². The second-order valence-electron chi connectivity index (χ2n) is 6.98. The average Bonchev–Trinajstić information content (AvgIpc) is 2.96. The Morgan fingerprint density at radius 3 is 2.90 bits per heavy atom. The van der Waals surface area contributed by atoms with Gasteiger partial charge in [0, 0.05) is 43.3 Å². The SMILES string of the molecule is CC(C)NCc1occc1CN1CCC2CCC(C1)N2C. The summed E-state index contributed by atoms with van der Waals surface area (Å²) in [7, 11) is 2.31. The molecule has 2 aliphatic rings. The molecule has 2 unspecified atom stereocenters. The summed E-state index contributed by atoms with van der Waals surface area (Å²) < 4.78 is 5.67. The summed E-state index contributed by atoms with van der Waals surface area (Å²) in [5.41, 5.74) is 1.35. The third-order valence-corrected chi connectivity index (χ3v) is 5.14. The lowest BCUT2D eigenvalue weighted by atomic mass is 10.1. The molecule has 0 aliphatic carbocycles. The van der Waals surface area contributed by atoms with Crippen LogP contribution in [0.25, 0.3) is 0 Å². The predicted octanol–water partition coefficient (Wildman–Crippen LogP) is 2.45. The van der Waals surface area contributed by atoms with Crippen LogP contribution in [0.1, 0.15) is 44.4 Å². The summed E-state index contributed by atoms with van der Waals surface area (Å²) in [5, 5.41) is 3.45. The molecule has 0 radical (unpaired) electrons. The predicted molar refractivity (Wildman–Crippen MR) is 85.2 cm³/mol. The van der Waals surface area contributed by atoms with Crippen molar-refractivity contribution in [1.29, 1.82) is 0 Å².